The first kappa shape index (κ1) is 25.0. The maximum Gasteiger partial charge on any atom is 0.322 e. The topological polar surface area (TPSA) is 152 Å². The number of nitrogens with two attached hydrogens (primary N) is 1. The Hall–Kier alpha value is -5.69. The molecule has 0 unspecified atom stereocenters. The number of H-pyrrole nitrogens is 1. The summed E-state index contributed by atoms with van der Waals surface area (Å²) in [6, 6.07) is 16.8. The van der Waals surface area contributed by atoms with Gasteiger partial charge in [0.25, 0.3) is 0 Å². The number of hydrogen-bond acceptors (Lipinski definition) is 8. The smallest absolute Gasteiger partial charge is 0.322 e. The third-order valence-corrected chi connectivity index (χ3v) is 6.03. The monoisotopic (exact) mass is 517 g/mol. The molecule has 0 aliphatic heterocycles. The number of methoxy groups -OCH3 is 1. The second-order valence-electron chi connectivity index (χ2n) is 8.51. The van der Waals surface area contributed by atoms with E-state index < -0.39 is 0 Å². The zero-order valence-electron chi connectivity index (χ0n) is 21.1. The number of pyridine rings is 1. The van der Waals surface area contributed by atoms with Crippen molar-refractivity contribution < 1.29 is 14.3 Å². The second kappa shape index (κ2) is 10.4. The Bertz CT molecular complexity index is 1770. The van der Waals surface area contributed by atoms with E-state index in [0.29, 0.717) is 39.3 Å². The van der Waals surface area contributed by atoms with Crippen LogP contribution in [0.3, 0.4) is 0 Å². The Labute approximate surface area is 223 Å². The fraction of sp³-hybridized carbons (Fsp3) is 0.0690. The van der Waals surface area contributed by atoms with E-state index >= 15 is 0 Å². The summed E-state index contributed by atoms with van der Waals surface area (Å²) < 4.78 is 11.5. The number of ether oxygens (including phenoxy) is 2. The first-order valence-electron chi connectivity index (χ1n) is 11.8. The molecule has 0 aliphatic rings. The third kappa shape index (κ3) is 4.84. The molecule has 3 aromatic heterocycles. The maximum atomic E-state index is 11.7. The molecule has 2 aromatic carbocycles. The van der Waals surface area contributed by atoms with E-state index in [-0.39, 0.29) is 17.7 Å². The summed E-state index contributed by atoms with van der Waals surface area (Å²) in [6.07, 6.45) is 4.26. The van der Waals surface area contributed by atoms with Crippen LogP contribution in [0.25, 0.3) is 33.3 Å². The molecule has 10 nitrogen and oxygen atoms in total. The minimum atomic E-state index is -0.308. The molecule has 10 heteroatoms. The van der Waals surface area contributed by atoms with Crippen LogP contribution in [0.2, 0.25) is 0 Å². The van der Waals surface area contributed by atoms with E-state index in [1.54, 1.807) is 37.6 Å². The van der Waals surface area contributed by atoms with E-state index in [1.807, 2.05) is 31.2 Å². The molecule has 5 aromatic rings. The molecule has 0 bridgehead atoms. The minimum absolute atomic E-state index is 0.199. The quantitative estimate of drug-likeness (QED) is 0.244. The molecule has 4 N–H and O–H groups in total. The lowest BCUT2D eigenvalue weighted by Crippen LogP contribution is -2.06. The lowest BCUT2D eigenvalue weighted by molar-refractivity contribution is -0.111. The number of aryl methyl sites for hydroxylation is 1. The number of rotatable bonds is 7. The number of fused-ring (bicyclic) bond motifs is 1. The van der Waals surface area contributed by atoms with E-state index in [2.05, 4.69) is 37.9 Å². The molecule has 5 rings (SSSR count). The number of benzene rings is 2. The van der Waals surface area contributed by atoms with Gasteiger partial charge in [-0.25, -0.2) is 15.0 Å². The van der Waals surface area contributed by atoms with Crippen molar-refractivity contribution >= 4 is 28.3 Å². The summed E-state index contributed by atoms with van der Waals surface area (Å²) in [5.74, 6) is 0.837. The number of carbonyl (C=O) groups is 1. The fourth-order valence-electron chi connectivity index (χ4n) is 4.21. The van der Waals surface area contributed by atoms with Crippen LogP contribution < -0.4 is 20.5 Å². The number of aromatic nitrogens is 4. The Morgan fingerprint density at radius 1 is 1.13 bits per heavy atom. The summed E-state index contributed by atoms with van der Waals surface area (Å²) >= 11 is 0. The van der Waals surface area contributed by atoms with E-state index in [0.717, 1.165) is 22.4 Å². The van der Waals surface area contributed by atoms with Gasteiger partial charge in [0.2, 0.25) is 5.91 Å². The molecule has 0 radical (unpaired) electrons. The predicted octanol–water partition coefficient (Wildman–Crippen LogP) is 5.37. The van der Waals surface area contributed by atoms with Crippen LogP contribution in [-0.4, -0.2) is 33.0 Å². The number of aromatic amines is 1. The van der Waals surface area contributed by atoms with Crippen molar-refractivity contribution in [2.24, 2.45) is 0 Å². The molecular weight excluding hydrogens is 494 g/mol. The van der Waals surface area contributed by atoms with Crippen LogP contribution in [0.5, 0.6) is 17.5 Å². The van der Waals surface area contributed by atoms with Crippen molar-refractivity contribution in [3.63, 3.8) is 0 Å². The number of carbonyl (C=O) groups excluding carboxylic acids is 1. The lowest BCUT2D eigenvalue weighted by Gasteiger charge is -2.13. The second-order valence-corrected chi connectivity index (χ2v) is 8.51. The van der Waals surface area contributed by atoms with Gasteiger partial charge in [0, 0.05) is 29.3 Å². The molecular formula is C29H23N7O3. The van der Waals surface area contributed by atoms with Gasteiger partial charge in [0.05, 0.1) is 29.3 Å². The molecule has 1 amide bonds. The normalized spacial score (nSPS) is 10.6. The summed E-state index contributed by atoms with van der Waals surface area (Å²) in [6.45, 7) is 5.32. The zero-order chi connectivity index (χ0) is 27.5. The van der Waals surface area contributed by atoms with E-state index in [1.165, 1.54) is 12.3 Å². The highest BCUT2D eigenvalue weighted by Gasteiger charge is 2.22. The number of amides is 1. The Kier molecular flexibility index (Phi) is 6.63. The van der Waals surface area contributed by atoms with E-state index in [4.69, 9.17) is 15.2 Å². The molecule has 0 spiro atoms. The van der Waals surface area contributed by atoms with Gasteiger partial charge in [-0.15, -0.1) is 0 Å². The molecule has 3 heterocycles. The highest BCUT2D eigenvalue weighted by atomic mass is 16.5. The average molecular weight is 518 g/mol. The molecule has 0 saturated heterocycles. The molecule has 192 valence electrons. The number of nitrogens with zero attached hydrogens (tertiary/aromatic N) is 4. The summed E-state index contributed by atoms with van der Waals surface area (Å²) in [5.41, 5.74) is 11.6. The van der Waals surface area contributed by atoms with Gasteiger partial charge in [-0.2, -0.15) is 5.26 Å². The molecule has 0 atom stereocenters. The minimum Gasteiger partial charge on any atom is -0.493 e. The molecule has 0 saturated carbocycles. The largest absolute Gasteiger partial charge is 0.493 e. The fourth-order valence-corrected chi connectivity index (χ4v) is 4.21. The van der Waals surface area contributed by atoms with Crippen LogP contribution in [0.15, 0.2) is 73.6 Å². The number of nitrogens with one attached hydrogen (secondary N) is 2. The number of anilines is 2. The summed E-state index contributed by atoms with van der Waals surface area (Å²) in [7, 11) is 1.54. The van der Waals surface area contributed by atoms with Gasteiger partial charge in [0.15, 0.2) is 11.5 Å². The van der Waals surface area contributed by atoms with E-state index in [9.17, 15) is 10.1 Å². The van der Waals surface area contributed by atoms with Gasteiger partial charge >= 0.3 is 6.01 Å². The predicted molar refractivity (Wildman–Crippen MR) is 148 cm³/mol. The highest BCUT2D eigenvalue weighted by molar-refractivity contribution is 6.10. The Balaban J connectivity index is 1.66. The van der Waals surface area contributed by atoms with Crippen molar-refractivity contribution in [2.75, 3.05) is 18.2 Å². The Morgan fingerprint density at radius 2 is 1.90 bits per heavy atom. The van der Waals surface area contributed by atoms with Gasteiger partial charge in [-0.3, -0.25) is 4.79 Å². The lowest BCUT2D eigenvalue weighted by atomic mass is 9.97. The van der Waals surface area contributed by atoms with Gasteiger partial charge in [-0.1, -0.05) is 24.8 Å². The van der Waals surface area contributed by atoms with Crippen molar-refractivity contribution in [3.8, 4) is 46.0 Å². The van der Waals surface area contributed by atoms with Crippen molar-refractivity contribution in [2.45, 2.75) is 6.92 Å². The molecule has 0 aliphatic carbocycles. The van der Waals surface area contributed by atoms with Crippen molar-refractivity contribution in [3.05, 3.63) is 84.8 Å². The number of nitriles is 1. The standard InChI is InChI=1S/C29H23N7O3/c1-4-23(37)35-20-8-5-17(6-9-20)26-24(25-27(36-26)19(14-30)15-33-28(25)31)18-7-10-21(22(13-18)38-3)39-29-32-12-11-16(2)34-29/h4-13,15,36H,1H2,2-3H3,(H2,31,33)(H,35,37). The van der Waals surface area contributed by atoms with Gasteiger partial charge in [-0.05, 0) is 54.5 Å². The van der Waals surface area contributed by atoms with Crippen molar-refractivity contribution in [1.82, 2.24) is 19.9 Å². The van der Waals surface area contributed by atoms with Crippen LogP contribution in [-0.2, 0) is 4.79 Å². The summed E-state index contributed by atoms with van der Waals surface area (Å²) in [4.78, 5) is 27.8. The highest BCUT2D eigenvalue weighted by Crippen LogP contribution is 2.44. The van der Waals surface area contributed by atoms with Crippen LogP contribution in [0, 0.1) is 18.3 Å². The maximum absolute atomic E-state index is 11.7. The number of hydrogen-bond donors (Lipinski definition) is 3. The zero-order valence-corrected chi connectivity index (χ0v) is 21.1. The first-order valence-corrected chi connectivity index (χ1v) is 11.8. The third-order valence-electron chi connectivity index (χ3n) is 6.03. The van der Waals surface area contributed by atoms with Crippen LogP contribution in [0.4, 0.5) is 11.5 Å². The van der Waals surface area contributed by atoms with Crippen LogP contribution >= 0.6 is 0 Å². The molecule has 0 fully saturated rings. The van der Waals surface area contributed by atoms with Crippen LogP contribution in [0.1, 0.15) is 11.3 Å². The SMILES string of the molecule is C=CC(=O)Nc1ccc(-c2[nH]c3c(C#N)cnc(N)c3c2-c2ccc(Oc3nccc(C)n3)c(OC)c2)cc1. The number of nitrogen functional groups attached to an aromatic ring is 1. The van der Waals surface area contributed by atoms with Gasteiger partial charge in [0.1, 0.15) is 11.9 Å². The van der Waals surface area contributed by atoms with Gasteiger partial charge < -0.3 is 25.5 Å². The Morgan fingerprint density at radius 3 is 2.59 bits per heavy atom. The summed E-state index contributed by atoms with van der Waals surface area (Å²) in [5, 5.41) is 13.1. The molecule has 39 heavy (non-hydrogen) atoms. The average Bonchev–Trinajstić information content (AvgIpc) is 3.35. The van der Waals surface area contributed by atoms with Crippen molar-refractivity contribution in [1.29, 1.82) is 5.26 Å². The first-order chi connectivity index (χ1) is 18.9.